The summed E-state index contributed by atoms with van der Waals surface area (Å²) in [6.45, 7) is 7.48. The molecule has 0 aliphatic carbocycles. The quantitative estimate of drug-likeness (QED) is 0.0136. The van der Waals surface area contributed by atoms with Gasteiger partial charge in [-0.3, -0.25) is 52.7 Å². The molecular weight excluding hydrogens is 1140 g/mol. The van der Waals surface area contributed by atoms with Gasteiger partial charge in [0.05, 0.1) is 23.1 Å². The third-order valence-electron chi connectivity index (χ3n) is 12.8. The maximum absolute atomic E-state index is 14.7. The van der Waals surface area contributed by atoms with Crippen molar-refractivity contribution in [1.29, 1.82) is 0 Å². The number of hydroxylamine groups is 2. The molecule has 26 nitrogen and oxygen atoms in total. The standard InChI is InChI=1S/C57H61N7O19S.Na/c1-30(65)79-40-26-24-36(29-42(40)81-32(3)67)48(70)59-38(22-14-15-28-58-49(71)37-21-16-23-41(80-31(2)66)46(37)82-33(4)68)50(72)60-39(25-27-43(69)63(7)83-56(78)35-19-12-9-13-20-35)51(73)61-44(34-17-10-8-11-18-34)52(74)62-45-53(75)64-47(55(76)77)57(5,6)84-54(45)64;/h8-13,16-21,23-24,26,29,38-39,44-45,47,54H,14-15,22,25,27-28H2,1-7H3,(H,58,71)(H,59,70)(H,60,72)(H,61,73)(H,62,74)(H,76,77);/q;+1/p-1/t38-,39-,44+,45+,47?,54?;/m0./s1. The molecule has 7 amide bonds. The van der Waals surface area contributed by atoms with E-state index in [1.807, 2.05) is 0 Å². The molecule has 4 aromatic carbocycles. The number of para-hydroxylation sites is 1. The topological polar surface area (TPSA) is 358 Å². The SMILES string of the molecule is CC(=O)Oc1ccc(C(=O)N[C@@H](CCCCNC(=O)c2cccc(OC(C)=O)c2OC(C)=O)C(=O)N[C@@H](CCC(=O)N(C)OC(=O)c2ccccc2)C(=O)N[C@@H](C(=O)N[C@@H]2C(=O)N3C2SC(C)(C)C3C(=O)[O-])c2ccccc2)cc1OC(C)=O.[Na+]. The van der Waals surface area contributed by atoms with E-state index >= 15 is 0 Å². The van der Waals surface area contributed by atoms with Gasteiger partial charge in [-0.1, -0.05) is 54.6 Å². The van der Waals surface area contributed by atoms with E-state index < -0.39 is 130 Å². The van der Waals surface area contributed by atoms with Crippen LogP contribution in [-0.4, -0.2) is 135 Å². The maximum atomic E-state index is 14.7. The first-order valence-electron chi connectivity index (χ1n) is 26.1. The zero-order valence-electron chi connectivity index (χ0n) is 47.5. The van der Waals surface area contributed by atoms with Gasteiger partial charge in [-0.25, -0.2) is 4.79 Å². The Morgan fingerprint density at radius 2 is 1.24 bits per heavy atom. The Morgan fingerprint density at radius 3 is 1.86 bits per heavy atom. The van der Waals surface area contributed by atoms with Gasteiger partial charge in [0.1, 0.15) is 29.5 Å². The van der Waals surface area contributed by atoms with Gasteiger partial charge in [0.2, 0.25) is 23.6 Å². The minimum Gasteiger partial charge on any atom is -0.548 e. The van der Waals surface area contributed by atoms with E-state index in [2.05, 4.69) is 26.6 Å². The van der Waals surface area contributed by atoms with E-state index in [9.17, 15) is 67.4 Å². The summed E-state index contributed by atoms with van der Waals surface area (Å²) in [4.78, 5) is 177. The number of hydrogen-bond donors (Lipinski definition) is 5. The Labute approximate surface area is 513 Å². The van der Waals surface area contributed by atoms with Crippen LogP contribution in [0.3, 0.4) is 0 Å². The number of nitrogens with one attached hydrogen (secondary N) is 5. The summed E-state index contributed by atoms with van der Waals surface area (Å²) in [7, 11) is 1.15. The third-order valence-corrected chi connectivity index (χ3v) is 14.3. The zero-order chi connectivity index (χ0) is 61.6. The number of carbonyl (C=O) groups is 13. The summed E-state index contributed by atoms with van der Waals surface area (Å²) in [6, 6.07) is 15.5. The van der Waals surface area contributed by atoms with Gasteiger partial charge in [0, 0.05) is 58.0 Å². The summed E-state index contributed by atoms with van der Waals surface area (Å²) in [5, 5.41) is 25.0. The summed E-state index contributed by atoms with van der Waals surface area (Å²) in [5.74, 6) is -12.9. The molecule has 0 aromatic heterocycles. The first-order valence-corrected chi connectivity index (χ1v) is 26.9. The van der Waals surface area contributed by atoms with Crippen molar-refractivity contribution in [1.82, 2.24) is 36.5 Å². The molecule has 2 saturated heterocycles. The van der Waals surface area contributed by atoms with E-state index in [1.54, 1.807) is 50.2 Å². The number of β-lactam (4-membered cyclic amide) rings is 1. The number of amides is 7. The number of carbonyl (C=O) groups excluding carboxylic acids is 13. The Balaban J connectivity index is 0.0000132. The Morgan fingerprint density at radius 1 is 0.647 bits per heavy atom. The van der Waals surface area contributed by atoms with Crippen molar-refractivity contribution >= 4 is 88.9 Å². The number of hydrogen-bond acceptors (Lipinski definition) is 20. The molecular formula is C57H60N7NaO19S. The Kier molecular flexibility index (Phi) is 23.9. The molecule has 2 fully saturated rings. The number of carboxylic acid groups (broad SMARTS) is 1. The van der Waals surface area contributed by atoms with Crippen LogP contribution in [0, 0.1) is 0 Å². The van der Waals surface area contributed by atoms with Crippen LogP contribution in [-0.2, 0) is 52.8 Å². The zero-order valence-corrected chi connectivity index (χ0v) is 50.3. The number of unbranched alkanes of at least 4 members (excludes halogenated alkanes) is 1. The van der Waals surface area contributed by atoms with E-state index in [0.717, 1.165) is 57.5 Å². The predicted molar refractivity (Wildman–Crippen MR) is 292 cm³/mol. The Bertz CT molecular complexity index is 3240. The first-order chi connectivity index (χ1) is 39.8. The van der Waals surface area contributed by atoms with Crippen LogP contribution in [0.5, 0.6) is 23.0 Å². The molecule has 2 aliphatic heterocycles. The second kappa shape index (κ2) is 30.2. The second-order valence-corrected chi connectivity index (χ2v) is 21.4. The number of aliphatic carboxylic acids is 1. The summed E-state index contributed by atoms with van der Waals surface area (Å²) < 4.78 is 19.7. The molecule has 444 valence electrons. The normalized spacial score (nSPS) is 16.3. The molecule has 4 aromatic rings. The van der Waals surface area contributed by atoms with Crippen LogP contribution < -0.4 is 80.2 Å². The van der Waals surface area contributed by atoms with Crippen molar-refractivity contribution < 1.29 is 121 Å². The molecule has 28 heteroatoms. The van der Waals surface area contributed by atoms with Crippen LogP contribution in [0.25, 0.3) is 0 Å². The molecule has 2 unspecified atom stereocenters. The number of benzene rings is 4. The minimum atomic E-state index is -1.74. The monoisotopic (exact) mass is 1200 g/mol. The summed E-state index contributed by atoms with van der Waals surface area (Å²) in [6.07, 6.45) is -1.19. The number of ether oxygens (including phenoxy) is 4. The van der Waals surface area contributed by atoms with E-state index in [1.165, 1.54) is 54.6 Å². The van der Waals surface area contributed by atoms with Gasteiger partial charge in [-0.2, -0.15) is 5.06 Å². The van der Waals surface area contributed by atoms with Gasteiger partial charge in [0.25, 0.3) is 17.7 Å². The molecule has 5 N–H and O–H groups in total. The van der Waals surface area contributed by atoms with E-state index in [-0.39, 0.29) is 101 Å². The first kappa shape index (κ1) is 67.1. The molecule has 6 atom stereocenters. The van der Waals surface area contributed by atoms with Crippen molar-refractivity contribution in [2.24, 2.45) is 0 Å². The molecule has 85 heavy (non-hydrogen) atoms. The van der Waals surface area contributed by atoms with E-state index in [0.29, 0.717) is 5.06 Å². The predicted octanol–water partition coefficient (Wildman–Crippen LogP) is -1.26. The molecule has 2 heterocycles. The molecule has 0 radical (unpaired) electrons. The van der Waals surface area contributed by atoms with Gasteiger partial charge in [0.15, 0.2) is 23.0 Å². The van der Waals surface area contributed by atoms with E-state index in [4.69, 9.17) is 23.8 Å². The summed E-state index contributed by atoms with van der Waals surface area (Å²) in [5.41, 5.74) is -0.0740. The van der Waals surface area contributed by atoms with Gasteiger partial charge in [-0.15, -0.1) is 11.8 Å². The molecule has 2 aliphatic rings. The number of carboxylic acids is 1. The molecule has 0 spiro atoms. The largest absolute Gasteiger partial charge is 1.00 e. The number of rotatable bonds is 24. The smallest absolute Gasteiger partial charge is 0.548 e. The van der Waals surface area contributed by atoms with Crippen LogP contribution >= 0.6 is 11.8 Å². The van der Waals surface area contributed by atoms with Gasteiger partial charge >= 0.3 is 59.4 Å². The number of nitrogens with zero attached hydrogens (tertiary/aromatic N) is 2. The van der Waals surface area contributed by atoms with Crippen LogP contribution in [0.15, 0.2) is 97.1 Å². The number of thioether (sulfide) groups is 1. The average molecular weight is 1200 g/mol. The fourth-order valence-corrected chi connectivity index (χ4v) is 10.5. The second-order valence-electron chi connectivity index (χ2n) is 19.6. The number of fused-ring (bicyclic) bond motifs is 1. The maximum Gasteiger partial charge on any atom is 1.00 e. The third kappa shape index (κ3) is 17.9. The van der Waals surface area contributed by atoms with Crippen molar-refractivity contribution in [2.75, 3.05) is 13.6 Å². The number of esters is 4. The van der Waals surface area contributed by atoms with Crippen molar-refractivity contribution in [2.45, 2.75) is 114 Å². The van der Waals surface area contributed by atoms with Gasteiger partial charge in [-0.05, 0) is 87.6 Å². The average Bonchev–Trinajstić information content (AvgIpc) is 1.60. The van der Waals surface area contributed by atoms with Crippen molar-refractivity contribution in [3.63, 3.8) is 0 Å². The molecule has 0 bridgehead atoms. The van der Waals surface area contributed by atoms with Crippen LogP contribution in [0.1, 0.15) is 116 Å². The van der Waals surface area contributed by atoms with Crippen molar-refractivity contribution in [3.05, 3.63) is 119 Å². The van der Waals surface area contributed by atoms with Crippen LogP contribution in [0.4, 0.5) is 0 Å². The van der Waals surface area contributed by atoms with Crippen LogP contribution in [0.2, 0.25) is 0 Å². The Hall–Kier alpha value is -8.66. The fraction of sp³-hybridized carbons (Fsp3) is 0.351. The molecule has 0 saturated carbocycles. The molecule has 6 rings (SSSR count). The van der Waals surface area contributed by atoms with Gasteiger partial charge < -0.3 is 65.2 Å². The fourth-order valence-electron chi connectivity index (χ4n) is 8.90. The summed E-state index contributed by atoms with van der Waals surface area (Å²) >= 11 is 1.13. The minimum absolute atomic E-state index is 0. The van der Waals surface area contributed by atoms with Crippen molar-refractivity contribution in [3.8, 4) is 23.0 Å².